The van der Waals surface area contributed by atoms with Gasteiger partial charge < -0.3 is 9.88 Å². The number of aromatic amines is 2. The number of rotatable bonds is 2. The molecule has 19 heavy (non-hydrogen) atoms. The minimum Gasteiger partial charge on any atom is -0.342 e. The smallest absolute Gasteiger partial charge is 0.330 e. The zero-order valence-corrected chi connectivity index (χ0v) is 11.1. The van der Waals surface area contributed by atoms with Crippen LogP contribution in [0.25, 0.3) is 11.2 Å². The summed E-state index contributed by atoms with van der Waals surface area (Å²) in [7, 11) is 0. The number of anilines is 1. The number of hydrogen-bond acceptors (Lipinski definition) is 4. The topological polar surface area (TPSA) is 86.8 Å². The van der Waals surface area contributed by atoms with Gasteiger partial charge in [-0.05, 0) is 26.7 Å². The van der Waals surface area contributed by atoms with Crippen molar-refractivity contribution >= 4 is 17.1 Å². The number of nitrogens with zero attached hydrogens (tertiary/aromatic N) is 3. The lowest BCUT2D eigenvalue weighted by Gasteiger charge is -2.12. The molecule has 0 bridgehead atoms. The summed E-state index contributed by atoms with van der Waals surface area (Å²) in [5.41, 5.74) is -0.0114. The van der Waals surface area contributed by atoms with Crippen LogP contribution in [0.2, 0.25) is 0 Å². The van der Waals surface area contributed by atoms with Crippen molar-refractivity contribution in [1.29, 1.82) is 0 Å². The zero-order valence-electron chi connectivity index (χ0n) is 11.1. The molecule has 0 aliphatic carbocycles. The Kier molecular flexibility index (Phi) is 2.69. The van der Waals surface area contributed by atoms with Crippen LogP contribution in [0.5, 0.6) is 0 Å². The average molecular weight is 263 g/mol. The summed E-state index contributed by atoms with van der Waals surface area (Å²) in [6.07, 6.45) is 2.26. The molecule has 2 aromatic heterocycles. The first-order valence-electron chi connectivity index (χ1n) is 6.57. The summed E-state index contributed by atoms with van der Waals surface area (Å²) < 4.78 is 1.51. The molecule has 3 heterocycles. The maximum atomic E-state index is 11.9. The number of H-pyrrole nitrogens is 2. The van der Waals surface area contributed by atoms with Crippen LogP contribution in [0.1, 0.15) is 32.7 Å². The van der Waals surface area contributed by atoms with Gasteiger partial charge in [-0.2, -0.15) is 4.98 Å². The normalized spacial score (nSPS) is 15.8. The van der Waals surface area contributed by atoms with Crippen molar-refractivity contribution in [1.82, 2.24) is 19.5 Å². The van der Waals surface area contributed by atoms with Crippen molar-refractivity contribution in [2.24, 2.45) is 0 Å². The largest absolute Gasteiger partial charge is 0.342 e. The van der Waals surface area contributed by atoms with E-state index in [-0.39, 0.29) is 6.04 Å². The molecule has 1 aliphatic rings. The second-order valence-electron chi connectivity index (χ2n) is 5.18. The SMILES string of the molecule is CC(C)n1c(=O)[nH]c(=O)c2[nH]c(N3CCCC3)nc21. The highest BCUT2D eigenvalue weighted by atomic mass is 16.2. The van der Waals surface area contributed by atoms with Crippen molar-refractivity contribution < 1.29 is 0 Å². The van der Waals surface area contributed by atoms with Crippen LogP contribution >= 0.6 is 0 Å². The van der Waals surface area contributed by atoms with Crippen molar-refractivity contribution in [2.75, 3.05) is 18.0 Å². The molecule has 0 spiro atoms. The number of imidazole rings is 1. The minimum absolute atomic E-state index is 0.0541. The van der Waals surface area contributed by atoms with E-state index >= 15 is 0 Å². The summed E-state index contributed by atoms with van der Waals surface area (Å²) in [5, 5.41) is 0. The Hall–Kier alpha value is -2.05. The molecule has 2 N–H and O–H groups in total. The van der Waals surface area contributed by atoms with Gasteiger partial charge in [-0.15, -0.1) is 0 Å². The first-order valence-corrected chi connectivity index (χ1v) is 6.57. The zero-order chi connectivity index (χ0) is 13.6. The summed E-state index contributed by atoms with van der Waals surface area (Å²) in [5.74, 6) is 0.679. The molecule has 1 aliphatic heterocycles. The molecule has 0 amide bonds. The van der Waals surface area contributed by atoms with E-state index < -0.39 is 11.2 Å². The van der Waals surface area contributed by atoms with E-state index in [9.17, 15) is 9.59 Å². The Morgan fingerprint density at radius 3 is 2.47 bits per heavy atom. The van der Waals surface area contributed by atoms with E-state index in [0.29, 0.717) is 17.1 Å². The lowest BCUT2D eigenvalue weighted by Crippen LogP contribution is -2.31. The Bertz CT molecular complexity index is 718. The number of aromatic nitrogens is 4. The standard InChI is InChI=1S/C12H17N5O2/c1-7(2)17-9-8(10(18)15-12(17)19)13-11(14-9)16-5-3-4-6-16/h7H,3-6H2,1-2H3,(H,13,14)(H,15,18,19). The lowest BCUT2D eigenvalue weighted by atomic mass is 10.4. The first kappa shape index (κ1) is 12.0. The van der Waals surface area contributed by atoms with E-state index in [1.54, 1.807) is 0 Å². The maximum absolute atomic E-state index is 11.9. The Labute approximate surface area is 109 Å². The molecule has 0 radical (unpaired) electrons. The lowest BCUT2D eigenvalue weighted by molar-refractivity contribution is 0.580. The Balaban J connectivity index is 2.26. The van der Waals surface area contributed by atoms with Crippen LogP contribution in [-0.2, 0) is 0 Å². The second kappa shape index (κ2) is 4.25. The molecule has 1 fully saturated rings. The van der Waals surface area contributed by atoms with Crippen LogP contribution in [0, 0.1) is 0 Å². The van der Waals surface area contributed by atoms with Crippen LogP contribution in [0.3, 0.4) is 0 Å². The van der Waals surface area contributed by atoms with Gasteiger partial charge >= 0.3 is 5.69 Å². The predicted molar refractivity (Wildman–Crippen MR) is 72.8 cm³/mol. The van der Waals surface area contributed by atoms with Crippen molar-refractivity contribution in [3.05, 3.63) is 20.8 Å². The summed E-state index contributed by atoms with van der Waals surface area (Å²) >= 11 is 0. The van der Waals surface area contributed by atoms with Gasteiger partial charge in [-0.25, -0.2) is 4.79 Å². The van der Waals surface area contributed by atoms with Gasteiger partial charge in [-0.1, -0.05) is 0 Å². The van der Waals surface area contributed by atoms with Gasteiger partial charge in [0.05, 0.1) is 0 Å². The third-order valence-electron chi connectivity index (χ3n) is 3.49. The molecular weight excluding hydrogens is 246 g/mol. The van der Waals surface area contributed by atoms with Gasteiger partial charge in [0.25, 0.3) is 5.56 Å². The molecule has 102 valence electrons. The van der Waals surface area contributed by atoms with Crippen LogP contribution in [-0.4, -0.2) is 32.6 Å². The molecule has 2 aromatic rings. The molecule has 0 atom stereocenters. The fourth-order valence-electron chi connectivity index (χ4n) is 2.56. The van der Waals surface area contributed by atoms with Gasteiger partial charge in [0.1, 0.15) is 0 Å². The third-order valence-corrected chi connectivity index (χ3v) is 3.49. The van der Waals surface area contributed by atoms with Crippen molar-refractivity contribution in [3.63, 3.8) is 0 Å². The number of hydrogen-bond donors (Lipinski definition) is 2. The Morgan fingerprint density at radius 1 is 1.16 bits per heavy atom. The fraction of sp³-hybridized carbons (Fsp3) is 0.583. The van der Waals surface area contributed by atoms with Crippen molar-refractivity contribution in [2.45, 2.75) is 32.7 Å². The molecule has 3 rings (SSSR count). The predicted octanol–water partition coefficient (Wildman–Crippen LogP) is 0.594. The van der Waals surface area contributed by atoms with E-state index in [2.05, 4.69) is 19.9 Å². The highest BCUT2D eigenvalue weighted by molar-refractivity contribution is 5.73. The molecular formula is C12H17N5O2. The van der Waals surface area contributed by atoms with Gasteiger partial charge in [0.15, 0.2) is 11.2 Å². The minimum atomic E-state index is -0.410. The van der Waals surface area contributed by atoms with Gasteiger partial charge in [-0.3, -0.25) is 14.3 Å². The number of nitrogens with one attached hydrogen (secondary N) is 2. The molecule has 0 unspecified atom stereocenters. The molecule has 7 heteroatoms. The highest BCUT2D eigenvalue weighted by Crippen LogP contribution is 2.19. The van der Waals surface area contributed by atoms with Crippen LogP contribution < -0.4 is 16.1 Å². The maximum Gasteiger partial charge on any atom is 0.330 e. The summed E-state index contributed by atoms with van der Waals surface area (Å²) in [6, 6.07) is -0.0541. The summed E-state index contributed by atoms with van der Waals surface area (Å²) in [6.45, 7) is 5.65. The highest BCUT2D eigenvalue weighted by Gasteiger charge is 2.19. The molecule has 0 aromatic carbocycles. The van der Waals surface area contributed by atoms with E-state index in [0.717, 1.165) is 25.9 Å². The molecule has 7 nitrogen and oxygen atoms in total. The number of fused-ring (bicyclic) bond motifs is 1. The van der Waals surface area contributed by atoms with E-state index in [1.807, 2.05) is 13.8 Å². The van der Waals surface area contributed by atoms with E-state index in [4.69, 9.17) is 0 Å². The quantitative estimate of drug-likeness (QED) is 0.830. The van der Waals surface area contributed by atoms with Gasteiger partial charge in [0, 0.05) is 19.1 Å². The fourth-order valence-corrected chi connectivity index (χ4v) is 2.56. The van der Waals surface area contributed by atoms with E-state index in [1.165, 1.54) is 4.57 Å². The first-order chi connectivity index (χ1) is 9.08. The summed E-state index contributed by atoms with van der Waals surface area (Å²) in [4.78, 5) is 35.6. The van der Waals surface area contributed by atoms with Gasteiger partial charge in [0.2, 0.25) is 5.95 Å². The third kappa shape index (κ3) is 1.85. The molecule has 1 saturated heterocycles. The second-order valence-corrected chi connectivity index (χ2v) is 5.18. The Morgan fingerprint density at radius 2 is 1.84 bits per heavy atom. The average Bonchev–Trinajstić information content (AvgIpc) is 2.95. The monoisotopic (exact) mass is 263 g/mol. The van der Waals surface area contributed by atoms with Crippen molar-refractivity contribution in [3.8, 4) is 0 Å². The van der Waals surface area contributed by atoms with Crippen LogP contribution in [0.4, 0.5) is 5.95 Å². The molecule has 0 saturated carbocycles. The van der Waals surface area contributed by atoms with Crippen LogP contribution in [0.15, 0.2) is 9.59 Å².